The minimum absolute atomic E-state index is 1.04. The smallest absolute Gasteiger partial charge is 0.0632 e. The predicted molar refractivity (Wildman–Crippen MR) is 65.7 cm³/mol. The number of allylic oxidation sites excluding steroid dienone is 4. The molecule has 0 amide bonds. The van der Waals surface area contributed by atoms with Gasteiger partial charge in [-0.15, -0.1) is 0 Å². The van der Waals surface area contributed by atoms with Crippen molar-refractivity contribution in [2.75, 3.05) is 0 Å². The minimum atomic E-state index is 1.04. The molecule has 1 heteroatoms. The van der Waals surface area contributed by atoms with Gasteiger partial charge >= 0.3 is 0 Å². The molecule has 0 atom stereocenters. The van der Waals surface area contributed by atoms with Crippen LogP contribution in [0.5, 0.6) is 0 Å². The van der Waals surface area contributed by atoms with E-state index in [1.165, 1.54) is 12.1 Å². The van der Waals surface area contributed by atoms with Crippen LogP contribution in [-0.2, 0) is 0 Å². The summed E-state index contributed by atoms with van der Waals surface area (Å²) in [6.45, 7) is 0. The number of para-hydroxylation sites is 1. The van der Waals surface area contributed by atoms with Gasteiger partial charge in [0.1, 0.15) is 0 Å². The second-order valence-electron chi connectivity index (χ2n) is 3.62. The standard InChI is InChI=1S/C14H15N/c1-2-5-9-13(10-6-3-1)15-14-11-7-4-8-12-14/h1-2,4-5,7-9,11-12H,3,6,10H2/b2-1?,9-5-,15-13?. The second-order valence-corrected chi connectivity index (χ2v) is 3.62. The van der Waals surface area contributed by atoms with Crippen LogP contribution >= 0.6 is 0 Å². The summed E-state index contributed by atoms with van der Waals surface area (Å²) in [5, 5.41) is 0. The van der Waals surface area contributed by atoms with Crippen LogP contribution in [0, 0.1) is 0 Å². The molecule has 0 spiro atoms. The van der Waals surface area contributed by atoms with Crippen molar-refractivity contribution in [3.63, 3.8) is 0 Å². The van der Waals surface area contributed by atoms with E-state index in [1.54, 1.807) is 0 Å². The van der Waals surface area contributed by atoms with Crippen molar-refractivity contribution in [2.24, 2.45) is 4.99 Å². The highest BCUT2D eigenvalue weighted by Gasteiger charge is 1.97. The summed E-state index contributed by atoms with van der Waals surface area (Å²) in [6.07, 6.45) is 11.9. The topological polar surface area (TPSA) is 12.4 Å². The highest BCUT2D eigenvalue weighted by molar-refractivity contribution is 5.96. The molecule has 1 nitrogen and oxygen atoms in total. The maximum absolute atomic E-state index is 4.62. The molecule has 1 aromatic rings. The van der Waals surface area contributed by atoms with Crippen molar-refractivity contribution in [3.05, 3.63) is 54.6 Å². The molecule has 0 saturated carbocycles. The Kier molecular flexibility index (Phi) is 3.50. The number of benzene rings is 1. The fraction of sp³-hybridized carbons (Fsp3) is 0.214. The third kappa shape index (κ3) is 3.21. The lowest BCUT2D eigenvalue weighted by Gasteiger charge is -2.02. The molecule has 0 bridgehead atoms. The third-order valence-corrected chi connectivity index (χ3v) is 2.37. The van der Waals surface area contributed by atoms with E-state index in [1.807, 2.05) is 30.3 Å². The lowest BCUT2D eigenvalue weighted by Crippen LogP contribution is -1.94. The van der Waals surface area contributed by atoms with E-state index < -0.39 is 0 Å². The van der Waals surface area contributed by atoms with Gasteiger partial charge in [0.05, 0.1) is 5.69 Å². The van der Waals surface area contributed by atoms with Crippen LogP contribution in [0.1, 0.15) is 19.3 Å². The Bertz CT molecular complexity index is 385. The molecular formula is C14H15N. The van der Waals surface area contributed by atoms with Crippen molar-refractivity contribution in [1.29, 1.82) is 0 Å². The Morgan fingerprint density at radius 1 is 1.00 bits per heavy atom. The molecule has 0 heterocycles. The molecule has 0 aromatic heterocycles. The summed E-state index contributed by atoms with van der Waals surface area (Å²) in [6, 6.07) is 10.1. The van der Waals surface area contributed by atoms with Crippen molar-refractivity contribution >= 4 is 11.4 Å². The fourth-order valence-electron chi connectivity index (χ4n) is 1.59. The maximum Gasteiger partial charge on any atom is 0.0632 e. The molecule has 0 fully saturated rings. The largest absolute Gasteiger partial charge is 0.253 e. The van der Waals surface area contributed by atoms with E-state index >= 15 is 0 Å². The van der Waals surface area contributed by atoms with Gasteiger partial charge < -0.3 is 0 Å². The molecule has 2 rings (SSSR count). The Hall–Kier alpha value is -1.63. The second kappa shape index (κ2) is 5.30. The van der Waals surface area contributed by atoms with Gasteiger partial charge in [-0.3, -0.25) is 4.99 Å². The molecule has 15 heavy (non-hydrogen) atoms. The molecule has 1 aliphatic rings. The van der Waals surface area contributed by atoms with E-state index in [4.69, 9.17) is 0 Å². The Morgan fingerprint density at radius 2 is 1.87 bits per heavy atom. The number of aliphatic imine (C=N–C) groups is 1. The quantitative estimate of drug-likeness (QED) is 0.644. The molecule has 1 aromatic carbocycles. The average molecular weight is 197 g/mol. The molecular weight excluding hydrogens is 182 g/mol. The molecule has 0 saturated heterocycles. The average Bonchev–Trinajstić information content (AvgIpc) is 2.23. The first kappa shape index (κ1) is 9.91. The number of nitrogens with zero attached hydrogens (tertiary/aromatic N) is 1. The van der Waals surface area contributed by atoms with Crippen LogP contribution in [0.15, 0.2) is 59.6 Å². The monoisotopic (exact) mass is 197 g/mol. The van der Waals surface area contributed by atoms with Gasteiger partial charge in [0, 0.05) is 5.71 Å². The Labute approximate surface area is 90.9 Å². The number of hydrogen-bond acceptors (Lipinski definition) is 1. The van der Waals surface area contributed by atoms with Crippen LogP contribution in [0.3, 0.4) is 0 Å². The molecule has 0 unspecified atom stereocenters. The van der Waals surface area contributed by atoms with Gasteiger partial charge in [-0.2, -0.15) is 0 Å². The molecule has 0 radical (unpaired) electrons. The summed E-state index contributed by atoms with van der Waals surface area (Å²) in [5.74, 6) is 0. The lowest BCUT2D eigenvalue weighted by atomic mass is 10.1. The zero-order valence-electron chi connectivity index (χ0n) is 8.76. The van der Waals surface area contributed by atoms with Crippen molar-refractivity contribution in [1.82, 2.24) is 0 Å². The number of rotatable bonds is 1. The van der Waals surface area contributed by atoms with Gasteiger partial charge in [0.2, 0.25) is 0 Å². The van der Waals surface area contributed by atoms with Crippen molar-refractivity contribution in [3.8, 4) is 0 Å². The van der Waals surface area contributed by atoms with Crippen LogP contribution in [0.2, 0.25) is 0 Å². The summed E-state index contributed by atoms with van der Waals surface area (Å²) in [5.41, 5.74) is 2.22. The predicted octanol–water partition coefficient (Wildman–Crippen LogP) is 4.06. The van der Waals surface area contributed by atoms with Crippen LogP contribution < -0.4 is 0 Å². The first-order valence-electron chi connectivity index (χ1n) is 5.41. The van der Waals surface area contributed by atoms with Gasteiger partial charge in [-0.25, -0.2) is 0 Å². The molecule has 1 aliphatic carbocycles. The van der Waals surface area contributed by atoms with Gasteiger partial charge in [-0.1, -0.05) is 36.4 Å². The van der Waals surface area contributed by atoms with E-state index in [-0.39, 0.29) is 0 Å². The lowest BCUT2D eigenvalue weighted by molar-refractivity contribution is 0.893. The fourth-order valence-corrected chi connectivity index (χ4v) is 1.59. The van der Waals surface area contributed by atoms with Gasteiger partial charge in [-0.05, 0) is 37.5 Å². The SMILES string of the molecule is C1=CCCCC(=Nc2ccccc2)/C=C\1. The Morgan fingerprint density at radius 3 is 2.73 bits per heavy atom. The normalized spacial score (nSPS) is 20.9. The highest BCUT2D eigenvalue weighted by atomic mass is 14.7. The van der Waals surface area contributed by atoms with Crippen molar-refractivity contribution in [2.45, 2.75) is 19.3 Å². The summed E-state index contributed by atoms with van der Waals surface area (Å²) in [7, 11) is 0. The van der Waals surface area contributed by atoms with Crippen LogP contribution in [0.4, 0.5) is 5.69 Å². The highest BCUT2D eigenvalue weighted by Crippen LogP contribution is 2.13. The molecule has 0 aliphatic heterocycles. The van der Waals surface area contributed by atoms with E-state index in [9.17, 15) is 0 Å². The van der Waals surface area contributed by atoms with E-state index in [2.05, 4.69) is 29.3 Å². The maximum atomic E-state index is 4.62. The minimum Gasteiger partial charge on any atom is -0.253 e. The zero-order valence-corrected chi connectivity index (χ0v) is 8.76. The zero-order chi connectivity index (χ0) is 10.3. The Balaban J connectivity index is 2.18. The first-order chi connectivity index (χ1) is 7.45. The van der Waals surface area contributed by atoms with E-state index in [0.29, 0.717) is 0 Å². The van der Waals surface area contributed by atoms with Crippen LogP contribution in [-0.4, -0.2) is 5.71 Å². The van der Waals surface area contributed by atoms with Crippen molar-refractivity contribution < 1.29 is 0 Å². The molecule has 76 valence electrons. The van der Waals surface area contributed by atoms with Crippen LogP contribution in [0.25, 0.3) is 0 Å². The summed E-state index contributed by atoms with van der Waals surface area (Å²) < 4.78 is 0. The van der Waals surface area contributed by atoms with E-state index in [0.717, 1.165) is 18.5 Å². The third-order valence-electron chi connectivity index (χ3n) is 2.37. The summed E-state index contributed by atoms with van der Waals surface area (Å²) in [4.78, 5) is 4.62. The molecule has 0 N–H and O–H groups in total. The first-order valence-corrected chi connectivity index (χ1v) is 5.41. The number of hydrogen-bond donors (Lipinski definition) is 0. The van der Waals surface area contributed by atoms with Gasteiger partial charge in [0.25, 0.3) is 0 Å². The van der Waals surface area contributed by atoms with Gasteiger partial charge in [0.15, 0.2) is 0 Å². The summed E-state index contributed by atoms with van der Waals surface area (Å²) >= 11 is 0.